The van der Waals surface area contributed by atoms with Crippen LogP contribution in [0.2, 0.25) is 26.2 Å². The van der Waals surface area contributed by atoms with Crippen molar-refractivity contribution in [2.24, 2.45) is 0 Å². The topological polar surface area (TPSA) is 50.9 Å². The number of phenols is 1. The summed E-state index contributed by atoms with van der Waals surface area (Å²) in [6, 6.07) is 54.8. The normalized spacial score (nSPS) is 15.9. The molecule has 290 valence electrons. The minimum absolute atomic E-state index is 0.0424. The second-order valence-corrected chi connectivity index (χ2v) is 28.7. The van der Waals surface area contributed by atoms with Crippen LogP contribution < -0.4 is 36.9 Å². The predicted molar refractivity (Wildman–Crippen MR) is 256 cm³/mol. The molecule has 1 unspecified atom stereocenters. The number of imidazole rings is 1. The Labute approximate surface area is 351 Å². The molecule has 1 atom stereocenters. The van der Waals surface area contributed by atoms with Gasteiger partial charge in [0, 0.05) is 30.6 Å². The van der Waals surface area contributed by atoms with Gasteiger partial charge in [-0.3, -0.25) is 9.55 Å². The van der Waals surface area contributed by atoms with Gasteiger partial charge in [-0.25, -0.2) is 4.98 Å². The molecule has 0 bridgehead atoms. The SMILES string of the molecule is CC(C)(C)c1ccc(-n2c(-c3ccccc3O)nc3c2[Si](C)(C)c2cccc4c2P3c2cc(-c3cc(-c5ccccc5)ccn3)ccc2[Si]4(C)C)c(-c2ccccc2)c1. The van der Waals surface area contributed by atoms with E-state index in [0.29, 0.717) is 0 Å². The van der Waals surface area contributed by atoms with Gasteiger partial charge in [-0.2, -0.15) is 0 Å². The zero-order chi connectivity index (χ0) is 40.8. The molecular weight excluding hydrogens is 770 g/mol. The fraction of sp³-hybridized carbons (Fsp3) is 0.154. The number of nitrogens with zero attached hydrogens (tertiary/aromatic N) is 3. The third-order valence-electron chi connectivity index (χ3n) is 12.7. The molecule has 0 saturated heterocycles. The lowest BCUT2D eigenvalue weighted by atomic mass is 9.85. The Balaban J connectivity index is 1.29. The number of para-hydroxylation sites is 1. The number of fused-ring (bicyclic) bond motifs is 4. The van der Waals surface area contributed by atoms with Crippen LogP contribution >= 0.6 is 7.92 Å². The van der Waals surface area contributed by atoms with Gasteiger partial charge < -0.3 is 5.11 Å². The first-order valence-electron chi connectivity index (χ1n) is 20.6. The number of hydrogen-bond donors (Lipinski definition) is 1. The molecule has 10 rings (SSSR count). The quantitative estimate of drug-likeness (QED) is 0.140. The van der Waals surface area contributed by atoms with Crippen molar-refractivity contribution in [3.63, 3.8) is 0 Å². The molecule has 0 aliphatic carbocycles. The number of pyridine rings is 1. The zero-order valence-corrected chi connectivity index (χ0v) is 37.6. The van der Waals surface area contributed by atoms with E-state index in [9.17, 15) is 5.11 Å². The lowest BCUT2D eigenvalue weighted by Crippen LogP contribution is -2.76. The molecule has 0 spiro atoms. The molecule has 2 aliphatic rings. The highest BCUT2D eigenvalue weighted by Gasteiger charge is 2.51. The first-order valence-corrected chi connectivity index (χ1v) is 27.9. The van der Waals surface area contributed by atoms with Gasteiger partial charge in [0.25, 0.3) is 0 Å². The van der Waals surface area contributed by atoms with Crippen molar-refractivity contribution < 1.29 is 5.11 Å². The first-order chi connectivity index (χ1) is 28.3. The molecule has 2 aromatic heterocycles. The number of hydrogen-bond acceptors (Lipinski definition) is 3. The Kier molecular flexibility index (Phi) is 8.73. The van der Waals surface area contributed by atoms with Crippen LogP contribution in [0.5, 0.6) is 5.75 Å². The molecule has 8 aromatic rings. The van der Waals surface area contributed by atoms with Gasteiger partial charge in [-0.05, 0) is 96.3 Å². The van der Waals surface area contributed by atoms with E-state index in [4.69, 9.17) is 9.97 Å². The standard InChI is InChI=1S/C52H48N3OPSi2/c1-52(2,3)38-26-27-42(40(33-38)35-19-12-9-13-20-35)55-49(39-21-14-15-22-43(39)56)54-50-51(55)59(6,7)47-24-16-23-46-48(47)57(50)44-32-37(25-28-45(44)58(46,4)5)41-31-36(29-30-53-41)34-17-10-8-11-18-34/h8-33,56H,1-7H3. The lowest BCUT2D eigenvalue weighted by molar-refractivity contribution is 0.477. The summed E-state index contributed by atoms with van der Waals surface area (Å²) < 4.78 is 2.47. The van der Waals surface area contributed by atoms with Crippen LogP contribution in [-0.2, 0) is 5.41 Å². The Morgan fingerprint density at radius 3 is 1.97 bits per heavy atom. The lowest BCUT2D eigenvalue weighted by Gasteiger charge is -2.45. The van der Waals surface area contributed by atoms with E-state index in [1.165, 1.54) is 48.0 Å². The second-order valence-electron chi connectivity index (χ2n) is 18.1. The Morgan fingerprint density at radius 1 is 0.576 bits per heavy atom. The van der Waals surface area contributed by atoms with E-state index in [1.807, 2.05) is 24.4 Å². The minimum atomic E-state index is -2.48. The highest BCUT2D eigenvalue weighted by molar-refractivity contribution is 7.83. The Hall–Kier alpha value is -5.66. The summed E-state index contributed by atoms with van der Waals surface area (Å²) in [6.45, 7) is 16.9. The maximum absolute atomic E-state index is 11.7. The molecule has 4 heterocycles. The number of rotatable bonds is 5. The molecule has 7 heteroatoms. The largest absolute Gasteiger partial charge is 0.507 e. The monoisotopic (exact) mass is 817 g/mol. The number of benzene rings is 6. The van der Waals surface area contributed by atoms with Crippen LogP contribution in [0, 0.1) is 0 Å². The summed E-state index contributed by atoms with van der Waals surface area (Å²) in [7, 11) is -5.69. The van der Waals surface area contributed by atoms with Crippen LogP contribution in [0.3, 0.4) is 0 Å². The number of aromatic nitrogens is 3. The average Bonchev–Trinajstić information content (AvgIpc) is 3.65. The van der Waals surface area contributed by atoms with Crippen molar-refractivity contribution in [2.75, 3.05) is 0 Å². The first kappa shape index (κ1) is 37.6. The predicted octanol–water partition coefficient (Wildman–Crippen LogP) is 8.97. The fourth-order valence-electron chi connectivity index (χ4n) is 9.46. The molecule has 0 amide bonds. The van der Waals surface area contributed by atoms with E-state index in [0.717, 1.165) is 45.0 Å². The van der Waals surface area contributed by atoms with Gasteiger partial charge in [-0.1, -0.05) is 156 Å². The summed E-state index contributed by atoms with van der Waals surface area (Å²) in [5, 5.41) is 20.4. The van der Waals surface area contributed by atoms with Crippen LogP contribution in [0.25, 0.3) is 50.6 Å². The minimum Gasteiger partial charge on any atom is -0.507 e. The third kappa shape index (κ3) is 5.95. The summed E-state index contributed by atoms with van der Waals surface area (Å²) in [4.78, 5) is 10.8. The van der Waals surface area contributed by atoms with Crippen molar-refractivity contribution in [3.8, 4) is 56.3 Å². The number of aromatic hydroxyl groups is 1. The van der Waals surface area contributed by atoms with Gasteiger partial charge in [0.2, 0.25) is 0 Å². The maximum Gasteiger partial charge on any atom is 0.148 e. The summed E-state index contributed by atoms with van der Waals surface area (Å²) in [5.41, 5.74) is 11.0. The fourth-order valence-corrected chi connectivity index (χ4v) is 22.3. The maximum atomic E-state index is 11.7. The smallest absolute Gasteiger partial charge is 0.148 e. The zero-order valence-electron chi connectivity index (χ0n) is 34.7. The van der Waals surface area contributed by atoms with Crippen molar-refractivity contribution in [1.29, 1.82) is 0 Å². The molecule has 2 aliphatic heterocycles. The molecule has 0 fully saturated rings. The van der Waals surface area contributed by atoms with Crippen molar-refractivity contribution in [2.45, 2.75) is 52.4 Å². The van der Waals surface area contributed by atoms with E-state index >= 15 is 0 Å². The molecule has 6 aromatic carbocycles. The molecule has 4 nitrogen and oxygen atoms in total. The van der Waals surface area contributed by atoms with Crippen LogP contribution in [0.15, 0.2) is 158 Å². The summed E-state index contributed by atoms with van der Waals surface area (Å²) >= 11 is 0. The van der Waals surface area contributed by atoms with E-state index in [2.05, 4.69) is 179 Å². The summed E-state index contributed by atoms with van der Waals surface area (Å²) in [6.07, 6.45) is 1.94. The average molecular weight is 818 g/mol. The van der Waals surface area contributed by atoms with Crippen molar-refractivity contribution in [3.05, 3.63) is 163 Å². The molecule has 0 radical (unpaired) electrons. The van der Waals surface area contributed by atoms with Crippen molar-refractivity contribution in [1.82, 2.24) is 14.5 Å². The van der Waals surface area contributed by atoms with Gasteiger partial charge in [0.15, 0.2) is 0 Å². The molecule has 0 saturated carbocycles. The van der Waals surface area contributed by atoms with Gasteiger partial charge in [-0.15, -0.1) is 0 Å². The van der Waals surface area contributed by atoms with Crippen LogP contribution in [0.1, 0.15) is 26.3 Å². The van der Waals surface area contributed by atoms with E-state index in [-0.39, 0.29) is 11.2 Å². The van der Waals surface area contributed by atoms with Crippen LogP contribution in [-0.4, -0.2) is 35.8 Å². The van der Waals surface area contributed by atoms with Crippen molar-refractivity contribution >= 4 is 61.0 Å². The summed E-state index contributed by atoms with van der Waals surface area (Å²) in [5.74, 6) is 1.03. The molecule has 1 N–H and O–H groups in total. The van der Waals surface area contributed by atoms with Crippen LogP contribution in [0.4, 0.5) is 0 Å². The van der Waals surface area contributed by atoms with Gasteiger partial charge in [0.05, 0.1) is 22.4 Å². The van der Waals surface area contributed by atoms with Gasteiger partial charge in [0.1, 0.15) is 27.7 Å². The highest BCUT2D eigenvalue weighted by Crippen LogP contribution is 2.43. The van der Waals surface area contributed by atoms with E-state index in [1.54, 1.807) is 6.07 Å². The molecular formula is C52H48N3OPSi2. The van der Waals surface area contributed by atoms with E-state index < -0.39 is 24.1 Å². The Bertz CT molecular complexity index is 2950. The highest BCUT2D eigenvalue weighted by atomic mass is 31.1. The second kappa shape index (κ2) is 13.7. The Morgan fingerprint density at radius 2 is 1.25 bits per heavy atom. The number of phenolic OH excluding ortho intramolecular Hbond substituents is 1. The molecule has 59 heavy (non-hydrogen) atoms. The third-order valence-corrected chi connectivity index (χ3v) is 23.0. The van der Waals surface area contributed by atoms with Gasteiger partial charge >= 0.3 is 0 Å².